The number of hydrogen-bond acceptors (Lipinski definition) is 18. The molecule has 7 N–H and O–H groups in total. The summed E-state index contributed by atoms with van der Waals surface area (Å²) in [6, 6.07) is 35.6. The number of aromatic nitrogens is 4. The average Bonchev–Trinajstić information content (AvgIpc) is 0.957. The fraction of sp³-hybridized carbons (Fsp3) is 0.679. The molecule has 7 aliphatic carbocycles. The molecule has 7 aromatic rings. The van der Waals surface area contributed by atoms with Crippen molar-refractivity contribution in [2.75, 3.05) is 26.4 Å². The highest BCUT2D eigenvalue weighted by Crippen LogP contribution is 2.38. The molecule has 726 valence electrons. The number of rotatable bonds is 40. The van der Waals surface area contributed by atoms with Crippen molar-refractivity contribution >= 4 is 46.2 Å². The maximum Gasteiger partial charge on any atom is 0.213 e. The van der Waals surface area contributed by atoms with Gasteiger partial charge in [0.15, 0.2) is 10.1 Å². The number of allylic oxidation sites excluding steroid dienone is 2. The van der Waals surface area contributed by atoms with E-state index in [1.54, 1.807) is 34.0 Å². The van der Waals surface area contributed by atoms with Crippen molar-refractivity contribution in [3.63, 3.8) is 0 Å². The highest BCUT2D eigenvalue weighted by Gasteiger charge is 2.23. The van der Waals surface area contributed by atoms with Crippen LogP contribution in [0.2, 0.25) is 0 Å². The molecule has 15 nitrogen and oxygen atoms in total. The Morgan fingerprint density at radius 3 is 0.969 bits per heavy atom. The molecule has 0 amide bonds. The zero-order chi connectivity index (χ0) is 92.4. The molecule has 0 spiro atoms. The molecule has 0 saturated heterocycles. The van der Waals surface area contributed by atoms with E-state index >= 15 is 0 Å². The monoisotopic (exact) mass is 1850 g/mol. The van der Waals surface area contributed by atoms with Crippen LogP contribution in [0.1, 0.15) is 466 Å². The highest BCUT2D eigenvalue weighted by atomic mass is 32.1. The molecule has 130 heavy (non-hydrogen) atoms. The molecular formula is C112H174N4O11S3. The first-order valence-electron chi connectivity index (χ1n) is 52.3. The van der Waals surface area contributed by atoms with E-state index in [2.05, 4.69) is 111 Å². The summed E-state index contributed by atoms with van der Waals surface area (Å²) in [7, 11) is 0. The van der Waals surface area contributed by atoms with Crippen molar-refractivity contribution in [1.29, 1.82) is 0 Å². The molecule has 0 aromatic carbocycles. The normalized spacial score (nSPS) is 18.7. The van der Waals surface area contributed by atoms with Gasteiger partial charge in [-0.2, -0.15) is 0 Å². The van der Waals surface area contributed by atoms with Gasteiger partial charge in [-0.1, -0.05) is 278 Å². The maximum absolute atomic E-state index is 10.00. The van der Waals surface area contributed by atoms with Crippen LogP contribution >= 0.6 is 34.0 Å². The SMILES string of the molecule is CCCC(O)c1ccc(/C=C/C2CCCCC2)s1.CCCC(O)c1ccc(OCC2CCCCC2)s1.CCCC(O)c1cccc(/C=C/C2CCCCC2)n1.CCCC(O)c1cccc(CCC2CCCCC2)n1.CCCC(O)c1cccc(OCC2CCCCC2)n1.CCC[C@@H](O)c1ccc(OCC2CCCCC2)s1.CCC[C@@H](O)c1cccc(OCC2CCCCC2)n1. The molecule has 7 fully saturated rings. The van der Waals surface area contributed by atoms with Gasteiger partial charge in [-0.15, -0.1) is 34.0 Å². The number of nitrogens with zero attached hydrogens (tertiary/aromatic N) is 4. The summed E-state index contributed by atoms with van der Waals surface area (Å²) >= 11 is 4.93. The van der Waals surface area contributed by atoms with Crippen molar-refractivity contribution < 1.29 is 54.7 Å². The summed E-state index contributed by atoms with van der Waals surface area (Å²) in [4.78, 5) is 22.4. The zero-order valence-corrected chi connectivity index (χ0v) is 83.9. The van der Waals surface area contributed by atoms with Gasteiger partial charge >= 0.3 is 0 Å². The molecule has 5 unspecified atom stereocenters. The number of aliphatic hydroxyl groups is 7. The minimum atomic E-state index is -0.469. The van der Waals surface area contributed by atoms with E-state index in [1.807, 2.05) is 91.0 Å². The summed E-state index contributed by atoms with van der Waals surface area (Å²) in [6.07, 6.45) is 68.6. The molecule has 7 atom stereocenters. The van der Waals surface area contributed by atoms with Crippen molar-refractivity contribution in [3.8, 4) is 21.9 Å². The van der Waals surface area contributed by atoms with Gasteiger partial charge in [-0.05, 0) is 261 Å². The lowest BCUT2D eigenvalue weighted by Crippen LogP contribution is -2.16. The van der Waals surface area contributed by atoms with Gasteiger partial charge in [-0.3, -0.25) is 9.97 Å². The van der Waals surface area contributed by atoms with Crippen molar-refractivity contribution in [2.24, 2.45) is 41.4 Å². The number of pyridine rings is 4. The summed E-state index contributed by atoms with van der Waals surface area (Å²) in [5.74, 6) is 6.55. The summed E-state index contributed by atoms with van der Waals surface area (Å²) in [5.41, 5.74) is 5.22. The summed E-state index contributed by atoms with van der Waals surface area (Å²) < 4.78 is 23.3. The number of hydrogen-bond donors (Lipinski definition) is 7. The Labute approximate surface area is 798 Å². The lowest BCUT2D eigenvalue weighted by molar-refractivity contribution is 0.158. The molecule has 18 heteroatoms. The van der Waals surface area contributed by atoms with Crippen molar-refractivity contribution in [3.05, 3.63) is 175 Å². The molecule has 0 radical (unpaired) electrons. The fourth-order valence-corrected chi connectivity index (χ4v) is 21.6. The number of thiophene rings is 3. The summed E-state index contributed by atoms with van der Waals surface area (Å²) in [5, 5.41) is 71.5. The van der Waals surface area contributed by atoms with Crippen LogP contribution in [-0.4, -0.2) is 82.1 Å². The van der Waals surface area contributed by atoms with E-state index in [0.29, 0.717) is 23.6 Å². The van der Waals surface area contributed by atoms with Gasteiger partial charge in [0.1, 0.15) is 0 Å². The maximum atomic E-state index is 10.00. The molecule has 0 aliphatic heterocycles. The second kappa shape index (κ2) is 66.5. The first-order chi connectivity index (χ1) is 63.5. The van der Waals surface area contributed by atoms with Gasteiger partial charge in [0.2, 0.25) is 11.8 Å². The molecule has 7 aromatic heterocycles. The van der Waals surface area contributed by atoms with Crippen LogP contribution < -0.4 is 18.9 Å². The highest BCUT2D eigenvalue weighted by molar-refractivity contribution is 7.14. The van der Waals surface area contributed by atoms with Crippen LogP contribution in [0.4, 0.5) is 0 Å². The van der Waals surface area contributed by atoms with Gasteiger partial charge in [-0.25, -0.2) is 9.97 Å². The van der Waals surface area contributed by atoms with E-state index in [9.17, 15) is 35.7 Å². The van der Waals surface area contributed by atoms with E-state index in [1.165, 1.54) is 236 Å². The lowest BCUT2D eigenvalue weighted by Gasteiger charge is -2.21. The Kier molecular flexibility index (Phi) is 56.0. The van der Waals surface area contributed by atoms with Crippen LogP contribution in [0, 0.1) is 41.4 Å². The van der Waals surface area contributed by atoms with E-state index < -0.39 is 18.3 Å². The van der Waals surface area contributed by atoms with E-state index in [-0.39, 0.29) is 24.4 Å². The predicted molar refractivity (Wildman–Crippen MR) is 543 cm³/mol. The van der Waals surface area contributed by atoms with Crippen molar-refractivity contribution in [2.45, 2.75) is 419 Å². The number of aryl methyl sites for hydroxylation is 1. The first kappa shape index (κ1) is 109. The predicted octanol–water partition coefficient (Wildman–Crippen LogP) is 30.9. The largest absolute Gasteiger partial charge is 0.484 e. The Balaban J connectivity index is 0.000000187. The molecule has 0 bridgehead atoms. The Hall–Kier alpha value is -5.90. The smallest absolute Gasteiger partial charge is 0.213 e. The van der Waals surface area contributed by atoms with E-state index in [4.69, 9.17) is 18.9 Å². The Morgan fingerprint density at radius 1 is 0.292 bits per heavy atom. The zero-order valence-electron chi connectivity index (χ0n) is 81.5. The van der Waals surface area contributed by atoms with Crippen LogP contribution in [-0.2, 0) is 6.42 Å². The third-order valence-electron chi connectivity index (χ3n) is 26.9. The van der Waals surface area contributed by atoms with Crippen LogP contribution in [0.3, 0.4) is 0 Å². The number of aliphatic hydroxyl groups excluding tert-OH is 7. The van der Waals surface area contributed by atoms with Crippen LogP contribution in [0.15, 0.2) is 121 Å². The Morgan fingerprint density at radius 2 is 0.592 bits per heavy atom. The van der Waals surface area contributed by atoms with Crippen LogP contribution in [0.25, 0.3) is 12.2 Å². The summed E-state index contributed by atoms with van der Waals surface area (Å²) in [6.45, 7) is 17.8. The quantitative estimate of drug-likeness (QED) is 0.0189. The third-order valence-corrected chi connectivity index (χ3v) is 30.3. The van der Waals surface area contributed by atoms with Crippen LogP contribution in [0.5, 0.6) is 21.9 Å². The van der Waals surface area contributed by atoms with Gasteiger partial charge < -0.3 is 54.7 Å². The molecule has 14 rings (SSSR count). The van der Waals surface area contributed by atoms with Gasteiger partial charge in [0, 0.05) is 37.3 Å². The van der Waals surface area contributed by atoms with Gasteiger partial charge in [0.05, 0.1) is 97.6 Å². The fourth-order valence-electron chi connectivity index (χ4n) is 18.9. The minimum absolute atomic E-state index is 0.267. The van der Waals surface area contributed by atoms with Crippen molar-refractivity contribution in [1.82, 2.24) is 19.9 Å². The molecule has 7 saturated carbocycles. The molecular weight excluding hydrogens is 1670 g/mol. The minimum Gasteiger partial charge on any atom is -0.484 e. The lowest BCUT2D eigenvalue weighted by atomic mass is 9.86. The average molecular weight is 1850 g/mol. The topological polar surface area (TPSA) is 230 Å². The second-order valence-electron chi connectivity index (χ2n) is 38.3. The molecule has 7 aliphatic rings. The van der Waals surface area contributed by atoms with E-state index in [0.717, 1.165) is 211 Å². The first-order valence-corrected chi connectivity index (χ1v) is 54.8. The standard InChI is InChI=1S/C17H27NO.C17H25NO.2C16H25NO2.C16H24OS.2C15H24O2S/c2*1-2-7-17(19)16-11-6-10-15(18-16)13-12-14-8-4-3-5-9-14;2*1-2-7-15(18)14-10-6-11-16(17-14)19-12-13-8-4-3-5-9-13;1-2-6-15(17)16-12-11-14(18-16)10-9-13-7-4-3-5-8-13;2*1-2-6-13(16)14-9-10-15(18-14)17-11-12-7-4-3-5-8-12/h6,10-11,14,17,19H,2-5,7-9,12-13H2,1H3;6,10-14,17,19H,2-5,7-9H2,1H3;2*6,10-11,13,15,18H,2-5,7-9,12H2,1H3;9-13,15,17H,2-8H2,1H3;2*9-10,12-13,16H,2-8,11H2,1H3/b;13-12+;;;10-9+;;/t;;15-;;;13-;/m..1..1./s1. The Bertz CT molecular complexity index is 3780. The third kappa shape index (κ3) is 44.3. The molecule has 7 heterocycles. The second-order valence-corrected chi connectivity index (χ2v) is 41.6. The van der Waals surface area contributed by atoms with Gasteiger partial charge in [0.25, 0.3) is 0 Å². The number of ether oxygens (including phenoxy) is 4.